The molecule has 3 rings (SSSR count). The summed E-state index contributed by atoms with van der Waals surface area (Å²) in [5.41, 5.74) is 9.78. The van der Waals surface area contributed by atoms with Crippen LogP contribution in [0.25, 0.3) is 0 Å². The highest BCUT2D eigenvalue weighted by atomic mass is 16.2. The van der Waals surface area contributed by atoms with Gasteiger partial charge in [0.25, 0.3) is 11.8 Å². The molecule has 28 heavy (non-hydrogen) atoms. The minimum Gasteiger partial charge on any atom is -0.398 e. The lowest BCUT2D eigenvalue weighted by molar-refractivity contribution is 0.0745. The van der Waals surface area contributed by atoms with E-state index in [1.54, 1.807) is 41.1 Å². The number of hydrogen-bond donors (Lipinski definition) is 1. The van der Waals surface area contributed by atoms with E-state index < -0.39 is 0 Å². The molecule has 0 spiro atoms. The first-order valence-corrected chi connectivity index (χ1v) is 9.72. The maximum atomic E-state index is 13.2. The summed E-state index contributed by atoms with van der Waals surface area (Å²) in [5.74, 6) is -0.174. The average Bonchev–Trinajstić information content (AvgIpc) is 2.65. The molecule has 2 amide bonds. The normalized spacial score (nSPS) is 13.8. The molecule has 0 atom stereocenters. The van der Waals surface area contributed by atoms with Gasteiger partial charge in [0.1, 0.15) is 0 Å². The fourth-order valence-electron chi connectivity index (χ4n) is 3.81. The smallest absolute Gasteiger partial charge is 0.258 e. The van der Waals surface area contributed by atoms with Crippen molar-refractivity contribution in [1.29, 1.82) is 0 Å². The number of fused-ring (bicyclic) bond motifs is 1. The summed E-state index contributed by atoms with van der Waals surface area (Å²) in [5, 5.41) is 0. The fourth-order valence-corrected chi connectivity index (χ4v) is 3.81. The van der Waals surface area contributed by atoms with Gasteiger partial charge in [-0.25, -0.2) is 0 Å². The second kappa shape index (κ2) is 7.66. The number of nitrogens with zero attached hydrogens (tertiary/aromatic N) is 2. The van der Waals surface area contributed by atoms with E-state index in [4.69, 9.17) is 5.73 Å². The molecule has 0 aliphatic carbocycles. The molecular weight excluding hydrogens is 350 g/mol. The number of carbonyl (C=O) groups is 2. The second-order valence-corrected chi connectivity index (χ2v) is 8.71. The summed E-state index contributed by atoms with van der Waals surface area (Å²) in [6, 6.07) is 12.7. The lowest BCUT2D eigenvalue weighted by atomic mass is 9.96. The van der Waals surface area contributed by atoms with Crippen LogP contribution in [0.4, 0.5) is 11.4 Å². The Balaban J connectivity index is 1.86. The lowest BCUT2D eigenvalue weighted by Gasteiger charge is -2.30. The molecule has 148 valence electrons. The van der Waals surface area contributed by atoms with Crippen molar-refractivity contribution in [1.82, 2.24) is 4.90 Å². The summed E-state index contributed by atoms with van der Waals surface area (Å²) in [6.45, 7) is 7.57. The minimum absolute atomic E-state index is 0.00921. The second-order valence-electron chi connectivity index (χ2n) is 8.71. The van der Waals surface area contributed by atoms with E-state index in [9.17, 15) is 9.59 Å². The Kier molecular flexibility index (Phi) is 5.45. The van der Waals surface area contributed by atoms with Crippen molar-refractivity contribution in [3.05, 3.63) is 59.2 Å². The number of carbonyl (C=O) groups excluding carboxylic acids is 2. The molecule has 0 fully saturated rings. The van der Waals surface area contributed by atoms with E-state index in [1.807, 2.05) is 18.2 Å². The van der Waals surface area contributed by atoms with Crippen molar-refractivity contribution >= 4 is 23.2 Å². The minimum atomic E-state index is -0.0975. The third-order valence-electron chi connectivity index (χ3n) is 4.95. The molecule has 0 radical (unpaired) electrons. The van der Waals surface area contributed by atoms with Crippen LogP contribution in [0.3, 0.4) is 0 Å². The first-order chi connectivity index (χ1) is 13.2. The predicted molar refractivity (Wildman–Crippen MR) is 114 cm³/mol. The van der Waals surface area contributed by atoms with Gasteiger partial charge in [-0.05, 0) is 54.2 Å². The van der Waals surface area contributed by atoms with Crippen LogP contribution >= 0.6 is 0 Å². The van der Waals surface area contributed by atoms with Crippen LogP contribution in [0.1, 0.15) is 53.5 Å². The van der Waals surface area contributed by atoms with E-state index in [1.165, 1.54) is 0 Å². The van der Waals surface area contributed by atoms with Gasteiger partial charge in [0.2, 0.25) is 0 Å². The highest BCUT2D eigenvalue weighted by Crippen LogP contribution is 2.32. The molecule has 1 aliphatic rings. The number of anilines is 2. The summed E-state index contributed by atoms with van der Waals surface area (Å²) in [4.78, 5) is 29.5. The van der Waals surface area contributed by atoms with E-state index in [2.05, 4.69) is 20.8 Å². The van der Waals surface area contributed by atoms with Crippen molar-refractivity contribution in [3.8, 4) is 0 Å². The number of amides is 2. The molecule has 0 unspecified atom stereocenters. The van der Waals surface area contributed by atoms with Crippen LogP contribution in [0, 0.1) is 5.41 Å². The Morgan fingerprint density at radius 3 is 2.50 bits per heavy atom. The van der Waals surface area contributed by atoms with Crippen LogP contribution in [-0.4, -0.2) is 36.9 Å². The van der Waals surface area contributed by atoms with Crippen molar-refractivity contribution < 1.29 is 9.59 Å². The van der Waals surface area contributed by atoms with Gasteiger partial charge >= 0.3 is 0 Å². The number of hydrogen-bond acceptors (Lipinski definition) is 3. The lowest BCUT2D eigenvalue weighted by Crippen LogP contribution is -2.36. The molecule has 0 aromatic heterocycles. The first kappa shape index (κ1) is 19.9. The topological polar surface area (TPSA) is 66.6 Å². The van der Waals surface area contributed by atoms with Crippen molar-refractivity contribution in [3.63, 3.8) is 0 Å². The van der Waals surface area contributed by atoms with Gasteiger partial charge in [-0.15, -0.1) is 0 Å². The monoisotopic (exact) mass is 379 g/mol. The van der Waals surface area contributed by atoms with Gasteiger partial charge in [0.15, 0.2) is 0 Å². The Morgan fingerprint density at radius 1 is 1.11 bits per heavy atom. The van der Waals surface area contributed by atoms with Gasteiger partial charge in [-0.3, -0.25) is 9.59 Å². The average molecular weight is 380 g/mol. The van der Waals surface area contributed by atoms with Crippen molar-refractivity contribution in [2.75, 3.05) is 30.8 Å². The summed E-state index contributed by atoms with van der Waals surface area (Å²) in [6.07, 6.45) is 1.75. The molecule has 2 aromatic carbocycles. The number of nitrogen functional groups attached to an aromatic ring is 1. The fraction of sp³-hybridized carbons (Fsp3) is 0.391. The molecule has 2 N–H and O–H groups in total. The van der Waals surface area contributed by atoms with E-state index >= 15 is 0 Å². The molecule has 0 bridgehead atoms. The molecule has 5 nitrogen and oxygen atoms in total. The number of nitrogens with two attached hydrogens (primary N) is 1. The summed E-state index contributed by atoms with van der Waals surface area (Å²) < 4.78 is 0. The maximum absolute atomic E-state index is 13.2. The van der Waals surface area contributed by atoms with E-state index in [-0.39, 0.29) is 17.2 Å². The zero-order valence-corrected chi connectivity index (χ0v) is 17.2. The first-order valence-electron chi connectivity index (χ1n) is 9.72. The zero-order valence-electron chi connectivity index (χ0n) is 17.2. The molecule has 0 saturated carbocycles. The van der Waals surface area contributed by atoms with Gasteiger partial charge < -0.3 is 15.5 Å². The Bertz CT molecular complexity index is 899. The molecule has 5 heteroatoms. The number of benzene rings is 2. The third-order valence-corrected chi connectivity index (χ3v) is 4.95. The van der Waals surface area contributed by atoms with Crippen molar-refractivity contribution in [2.45, 2.75) is 33.6 Å². The highest BCUT2D eigenvalue weighted by Gasteiger charge is 2.26. The van der Waals surface area contributed by atoms with Crippen molar-refractivity contribution in [2.24, 2.45) is 5.41 Å². The van der Waals surface area contributed by atoms with Crippen LogP contribution in [0.5, 0.6) is 0 Å². The zero-order chi connectivity index (χ0) is 20.5. The molecular formula is C23H29N3O2. The maximum Gasteiger partial charge on any atom is 0.258 e. The summed E-state index contributed by atoms with van der Waals surface area (Å²) >= 11 is 0. The quantitative estimate of drug-likeness (QED) is 0.820. The molecule has 2 aromatic rings. The highest BCUT2D eigenvalue weighted by molar-refractivity contribution is 6.08. The SMILES string of the molecule is CN(CC(C)(C)C)C(=O)c1cccc(C(=O)N2CCCc3c(N)cccc32)c1. The Labute approximate surface area is 167 Å². The third kappa shape index (κ3) is 4.19. The van der Waals surface area contributed by atoms with E-state index in [0.717, 1.165) is 29.8 Å². The van der Waals surface area contributed by atoms with Gasteiger partial charge in [-0.2, -0.15) is 0 Å². The Morgan fingerprint density at radius 2 is 1.79 bits per heavy atom. The standard InChI is InChI=1S/C23H29N3O2/c1-23(2,3)15-25(4)21(27)16-8-5-9-17(14-16)22(28)26-13-7-10-18-19(24)11-6-12-20(18)26/h5-6,8-9,11-12,14H,7,10,13,15,24H2,1-4H3. The van der Waals surface area contributed by atoms with Gasteiger partial charge in [-0.1, -0.05) is 32.9 Å². The predicted octanol–water partition coefficient (Wildman–Crippen LogP) is 3.98. The molecule has 1 aliphatic heterocycles. The van der Waals surface area contributed by atoms with E-state index in [0.29, 0.717) is 24.2 Å². The van der Waals surface area contributed by atoms with Gasteiger partial charge in [0.05, 0.1) is 0 Å². The van der Waals surface area contributed by atoms with Crippen LogP contribution in [-0.2, 0) is 6.42 Å². The molecule has 0 saturated heterocycles. The largest absolute Gasteiger partial charge is 0.398 e. The Hall–Kier alpha value is -2.82. The molecule has 1 heterocycles. The van der Waals surface area contributed by atoms with Crippen LogP contribution in [0.2, 0.25) is 0 Å². The summed E-state index contributed by atoms with van der Waals surface area (Å²) in [7, 11) is 1.80. The van der Waals surface area contributed by atoms with Crippen LogP contribution in [0.15, 0.2) is 42.5 Å². The van der Waals surface area contributed by atoms with Crippen LogP contribution < -0.4 is 10.6 Å². The van der Waals surface area contributed by atoms with Gasteiger partial charge in [0, 0.05) is 42.6 Å². The number of rotatable bonds is 3.